The van der Waals surface area contributed by atoms with E-state index >= 15 is 0 Å². The number of ether oxygens (including phenoxy) is 1. The summed E-state index contributed by atoms with van der Waals surface area (Å²) in [5.74, 6) is 0.720. The highest BCUT2D eigenvalue weighted by Gasteiger charge is 2.11. The molecule has 0 spiro atoms. The molecule has 0 atom stereocenters. The smallest absolute Gasteiger partial charge is 0.387 e. The van der Waals surface area contributed by atoms with E-state index in [0.29, 0.717) is 24.6 Å². The fraction of sp³-hybridized carbons (Fsp3) is 0.412. The van der Waals surface area contributed by atoms with Crippen LogP contribution in [0.3, 0.4) is 0 Å². The van der Waals surface area contributed by atoms with Gasteiger partial charge in [0.1, 0.15) is 5.75 Å². The van der Waals surface area contributed by atoms with Crippen LogP contribution in [-0.4, -0.2) is 24.1 Å². The molecule has 2 rings (SSSR count). The maximum atomic E-state index is 12.6. The van der Waals surface area contributed by atoms with Gasteiger partial charge in [0.2, 0.25) is 0 Å². The van der Waals surface area contributed by atoms with E-state index in [1.807, 2.05) is 20.8 Å². The van der Waals surface area contributed by atoms with Crippen molar-refractivity contribution in [3.05, 3.63) is 43.8 Å². The molecule has 1 aromatic heterocycles. The zero-order valence-corrected chi connectivity index (χ0v) is 19.9. The maximum absolute atomic E-state index is 12.6. The predicted octanol–water partition coefficient (Wildman–Crippen LogP) is 5.00. The van der Waals surface area contributed by atoms with Gasteiger partial charge in [-0.25, -0.2) is 9.98 Å². The van der Waals surface area contributed by atoms with Gasteiger partial charge in [0.25, 0.3) is 0 Å². The third-order valence-corrected chi connectivity index (χ3v) is 4.97. The van der Waals surface area contributed by atoms with E-state index in [4.69, 9.17) is 0 Å². The van der Waals surface area contributed by atoms with Gasteiger partial charge >= 0.3 is 6.61 Å². The Labute approximate surface area is 187 Å². The first kappa shape index (κ1) is 24.0. The van der Waals surface area contributed by atoms with Gasteiger partial charge in [0.15, 0.2) is 5.96 Å². The van der Waals surface area contributed by atoms with E-state index in [9.17, 15) is 8.78 Å². The lowest BCUT2D eigenvalue weighted by Gasteiger charge is -2.13. The van der Waals surface area contributed by atoms with Crippen molar-refractivity contribution < 1.29 is 13.5 Å². The molecule has 0 aliphatic rings. The minimum absolute atomic E-state index is 0. The fourth-order valence-electron chi connectivity index (χ4n) is 2.29. The monoisotopic (exact) mass is 574 g/mol. The molecule has 0 amide bonds. The summed E-state index contributed by atoms with van der Waals surface area (Å²) in [6, 6.07) is 4.88. The molecule has 5 nitrogen and oxygen atoms in total. The molecule has 0 unspecified atom stereocenters. The predicted molar refractivity (Wildman–Crippen MR) is 119 cm³/mol. The Balaban J connectivity index is 0.00000364. The summed E-state index contributed by atoms with van der Waals surface area (Å²) in [7, 11) is 0. The number of hydrogen-bond acceptors (Lipinski definition) is 4. The van der Waals surface area contributed by atoms with Crippen molar-refractivity contribution in [1.82, 2.24) is 15.6 Å². The van der Waals surface area contributed by atoms with Crippen molar-refractivity contribution >= 4 is 57.2 Å². The summed E-state index contributed by atoms with van der Waals surface area (Å²) < 4.78 is 30.5. The van der Waals surface area contributed by atoms with Crippen LogP contribution < -0.4 is 15.4 Å². The SMILES string of the molecule is CCNC(=NCc1cc(Br)ccc1OC(F)F)NCc1sc(C)nc1C.I. The van der Waals surface area contributed by atoms with Gasteiger partial charge in [-0.15, -0.1) is 35.3 Å². The molecule has 10 heteroatoms. The quantitative estimate of drug-likeness (QED) is 0.278. The molecule has 1 heterocycles. The zero-order chi connectivity index (χ0) is 19.1. The summed E-state index contributed by atoms with van der Waals surface area (Å²) in [4.78, 5) is 10.0. The van der Waals surface area contributed by atoms with Gasteiger partial charge in [-0.1, -0.05) is 15.9 Å². The van der Waals surface area contributed by atoms with Crippen LogP contribution in [0.4, 0.5) is 8.78 Å². The Morgan fingerprint density at radius 3 is 2.67 bits per heavy atom. The first-order valence-electron chi connectivity index (χ1n) is 8.07. The zero-order valence-electron chi connectivity index (χ0n) is 15.2. The minimum Gasteiger partial charge on any atom is -0.434 e. The number of nitrogens with one attached hydrogen (secondary N) is 2. The highest BCUT2D eigenvalue weighted by Crippen LogP contribution is 2.25. The fourth-order valence-corrected chi connectivity index (χ4v) is 3.58. The van der Waals surface area contributed by atoms with E-state index < -0.39 is 6.61 Å². The number of aromatic nitrogens is 1. The molecule has 27 heavy (non-hydrogen) atoms. The molecule has 0 aliphatic carbocycles. The number of benzene rings is 1. The molecule has 0 radical (unpaired) electrons. The summed E-state index contributed by atoms with van der Waals surface area (Å²) in [6.07, 6.45) is 0. The lowest BCUT2D eigenvalue weighted by molar-refractivity contribution is -0.0504. The number of aliphatic imine (C=N–C) groups is 1. The van der Waals surface area contributed by atoms with Crippen molar-refractivity contribution in [2.75, 3.05) is 6.54 Å². The van der Waals surface area contributed by atoms with Crippen LogP contribution in [0, 0.1) is 13.8 Å². The maximum Gasteiger partial charge on any atom is 0.387 e. The van der Waals surface area contributed by atoms with Crippen LogP contribution in [0.2, 0.25) is 0 Å². The normalized spacial score (nSPS) is 11.3. The molecule has 1 aromatic carbocycles. The summed E-state index contributed by atoms with van der Waals surface area (Å²) in [6.45, 7) is 4.52. The summed E-state index contributed by atoms with van der Waals surface area (Å²) >= 11 is 4.98. The number of aryl methyl sites for hydroxylation is 2. The van der Waals surface area contributed by atoms with Crippen molar-refractivity contribution in [3.8, 4) is 5.75 Å². The number of alkyl halides is 2. The third-order valence-electron chi connectivity index (χ3n) is 3.41. The second kappa shape index (κ2) is 11.7. The van der Waals surface area contributed by atoms with E-state index in [-0.39, 0.29) is 36.3 Å². The summed E-state index contributed by atoms with van der Waals surface area (Å²) in [5, 5.41) is 7.41. The summed E-state index contributed by atoms with van der Waals surface area (Å²) in [5.41, 5.74) is 1.57. The van der Waals surface area contributed by atoms with Gasteiger partial charge in [-0.2, -0.15) is 8.78 Å². The van der Waals surface area contributed by atoms with Crippen molar-refractivity contribution in [3.63, 3.8) is 0 Å². The van der Waals surface area contributed by atoms with Gasteiger partial charge < -0.3 is 15.4 Å². The lowest BCUT2D eigenvalue weighted by atomic mass is 10.2. The topological polar surface area (TPSA) is 58.5 Å². The van der Waals surface area contributed by atoms with Crippen LogP contribution >= 0.6 is 51.2 Å². The molecule has 0 fully saturated rings. The lowest BCUT2D eigenvalue weighted by Crippen LogP contribution is -2.36. The molecule has 0 bridgehead atoms. The van der Waals surface area contributed by atoms with E-state index in [0.717, 1.165) is 20.1 Å². The Kier molecular flexibility index (Phi) is 10.5. The number of rotatable bonds is 7. The van der Waals surface area contributed by atoms with Crippen molar-refractivity contribution in [2.45, 2.75) is 40.5 Å². The molecule has 2 N–H and O–H groups in total. The third kappa shape index (κ3) is 7.86. The van der Waals surface area contributed by atoms with E-state index in [1.165, 1.54) is 6.07 Å². The van der Waals surface area contributed by atoms with E-state index in [2.05, 4.69) is 41.3 Å². The van der Waals surface area contributed by atoms with Crippen LogP contribution in [0.25, 0.3) is 0 Å². The van der Waals surface area contributed by atoms with Crippen LogP contribution in [0.15, 0.2) is 27.7 Å². The average Bonchev–Trinajstić information content (AvgIpc) is 2.89. The standard InChI is InChI=1S/C17H21BrF2N4OS.HI/c1-4-21-17(23-9-15-10(2)24-11(3)26-15)22-8-12-7-13(18)5-6-14(12)25-16(19)20;/h5-7,16H,4,8-9H2,1-3H3,(H2,21,22,23);1H. The van der Waals surface area contributed by atoms with Gasteiger partial charge in [-0.05, 0) is 39.0 Å². The first-order valence-corrected chi connectivity index (χ1v) is 9.68. The Morgan fingerprint density at radius 1 is 1.33 bits per heavy atom. The number of hydrogen-bond donors (Lipinski definition) is 2. The van der Waals surface area contributed by atoms with Gasteiger partial charge in [0, 0.05) is 21.5 Å². The number of halogens is 4. The first-order chi connectivity index (χ1) is 12.4. The average molecular weight is 575 g/mol. The largest absolute Gasteiger partial charge is 0.434 e. The molecule has 0 saturated carbocycles. The number of guanidine groups is 1. The number of nitrogens with zero attached hydrogens (tertiary/aromatic N) is 2. The van der Waals surface area contributed by atoms with Gasteiger partial charge in [0.05, 0.1) is 23.8 Å². The second-order valence-electron chi connectivity index (χ2n) is 5.42. The highest BCUT2D eigenvalue weighted by atomic mass is 127. The number of thiazole rings is 1. The highest BCUT2D eigenvalue weighted by molar-refractivity contribution is 14.0. The molecular weight excluding hydrogens is 553 g/mol. The van der Waals surface area contributed by atoms with Crippen LogP contribution in [-0.2, 0) is 13.1 Å². The molecule has 0 saturated heterocycles. The van der Waals surface area contributed by atoms with E-state index in [1.54, 1.807) is 23.5 Å². The molecule has 0 aliphatic heterocycles. The Morgan fingerprint density at radius 2 is 2.07 bits per heavy atom. The molecular formula is C17H22BrF2IN4OS. The van der Waals surface area contributed by atoms with Crippen molar-refractivity contribution in [2.24, 2.45) is 4.99 Å². The second-order valence-corrected chi connectivity index (χ2v) is 7.62. The molecule has 150 valence electrons. The van der Waals surface area contributed by atoms with Crippen molar-refractivity contribution in [1.29, 1.82) is 0 Å². The van der Waals surface area contributed by atoms with Crippen LogP contribution in [0.5, 0.6) is 5.75 Å². The Hall–Kier alpha value is -1.01. The molecule has 2 aromatic rings. The van der Waals surface area contributed by atoms with Crippen LogP contribution in [0.1, 0.15) is 28.1 Å². The minimum atomic E-state index is -2.87. The van der Waals surface area contributed by atoms with Gasteiger partial charge in [-0.3, -0.25) is 0 Å². The Bertz CT molecular complexity index is 773.